The molecule has 0 unspecified atom stereocenters. The van der Waals surface area contributed by atoms with Gasteiger partial charge in [0.05, 0.1) is 21.3 Å². The minimum absolute atomic E-state index is 0.295. The van der Waals surface area contributed by atoms with Crippen LogP contribution in [0.1, 0.15) is 33.4 Å². The summed E-state index contributed by atoms with van der Waals surface area (Å²) in [6, 6.07) is 16.0. The predicted octanol–water partition coefficient (Wildman–Crippen LogP) is 5.38. The Morgan fingerprint density at radius 3 is 2.24 bits per heavy atom. The van der Waals surface area contributed by atoms with Gasteiger partial charge in [-0.2, -0.15) is 0 Å². The normalized spacial score (nSPS) is 13.2. The number of methoxy groups -OCH3 is 3. The average molecular weight is 502 g/mol. The van der Waals surface area contributed by atoms with E-state index in [1.54, 1.807) is 21.3 Å². The molecule has 3 aromatic carbocycles. The van der Waals surface area contributed by atoms with E-state index in [0.29, 0.717) is 54.6 Å². The van der Waals surface area contributed by atoms with E-state index in [1.807, 2.05) is 56.3 Å². The Morgan fingerprint density at radius 1 is 0.892 bits per heavy atom. The van der Waals surface area contributed by atoms with E-state index in [9.17, 15) is 4.79 Å². The molecule has 4 aromatic rings. The SMILES string of the molecule is COc1cc(CN2COc3c(cc4c(C)c(Cc5ccccc5)c(=O)oc4c3C)C2)cc(OC)c1OC. The molecule has 1 aromatic heterocycles. The Balaban J connectivity index is 1.48. The van der Waals surface area contributed by atoms with Crippen LogP contribution in [0.5, 0.6) is 23.0 Å². The summed E-state index contributed by atoms with van der Waals surface area (Å²) in [6.07, 6.45) is 0.533. The quantitative estimate of drug-likeness (QED) is 0.315. The van der Waals surface area contributed by atoms with Crippen molar-refractivity contribution in [3.05, 3.63) is 92.3 Å². The van der Waals surface area contributed by atoms with E-state index in [4.69, 9.17) is 23.4 Å². The fourth-order valence-corrected chi connectivity index (χ4v) is 5.08. The second kappa shape index (κ2) is 10.2. The van der Waals surface area contributed by atoms with Crippen molar-refractivity contribution in [2.24, 2.45) is 0 Å². The monoisotopic (exact) mass is 501 g/mol. The maximum atomic E-state index is 12.9. The van der Waals surface area contributed by atoms with Gasteiger partial charge in [-0.3, -0.25) is 4.90 Å². The molecule has 0 aliphatic carbocycles. The van der Waals surface area contributed by atoms with E-state index in [-0.39, 0.29) is 5.63 Å². The molecule has 0 radical (unpaired) electrons. The standard InChI is InChI=1S/C30H31NO6/c1-18-23-14-22-16-31(15-21-12-25(33-3)29(35-5)26(13-21)34-4)17-36-27(22)19(2)28(23)37-30(32)24(18)11-20-9-7-6-8-10-20/h6-10,12-14H,11,15-17H2,1-5H3. The highest BCUT2D eigenvalue weighted by atomic mass is 16.5. The Labute approximate surface area is 216 Å². The molecular formula is C30H31NO6. The van der Waals surface area contributed by atoms with Gasteiger partial charge in [-0.05, 0) is 48.7 Å². The van der Waals surface area contributed by atoms with Crippen LogP contribution < -0.4 is 24.6 Å². The summed E-state index contributed by atoms with van der Waals surface area (Å²) in [5.74, 6) is 2.59. The second-order valence-corrected chi connectivity index (χ2v) is 9.32. The van der Waals surface area contributed by atoms with Gasteiger partial charge in [-0.15, -0.1) is 0 Å². The van der Waals surface area contributed by atoms with E-state index < -0.39 is 0 Å². The van der Waals surface area contributed by atoms with Gasteiger partial charge < -0.3 is 23.4 Å². The minimum atomic E-state index is -0.295. The highest BCUT2D eigenvalue weighted by Crippen LogP contribution is 2.40. The molecule has 0 spiro atoms. The van der Waals surface area contributed by atoms with Crippen molar-refractivity contribution in [1.29, 1.82) is 0 Å². The van der Waals surface area contributed by atoms with Crippen LogP contribution in [0.15, 0.2) is 57.7 Å². The highest BCUT2D eigenvalue weighted by Gasteiger charge is 2.25. The lowest BCUT2D eigenvalue weighted by Gasteiger charge is -2.30. The topological polar surface area (TPSA) is 70.4 Å². The fourth-order valence-electron chi connectivity index (χ4n) is 5.08. The maximum Gasteiger partial charge on any atom is 0.340 e. The molecule has 37 heavy (non-hydrogen) atoms. The van der Waals surface area contributed by atoms with Gasteiger partial charge in [0.25, 0.3) is 0 Å². The van der Waals surface area contributed by atoms with Crippen molar-refractivity contribution in [2.75, 3.05) is 28.1 Å². The highest BCUT2D eigenvalue weighted by molar-refractivity contribution is 5.87. The Kier molecular flexibility index (Phi) is 6.80. The molecule has 0 bridgehead atoms. The third kappa shape index (κ3) is 4.62. The first-order valence-electron chi connectivity index (χ1n) is 12.2. The lowest BCUT2D eigenvalue weighted by atomic mass is 9.96. The first kappa shape index (κ1) is 24.7. The summed E-state index contributed by atoms with van der Waals surface area (Å²) in [6.45, 7) is 5.69. The molecular weight excluding hydrogens is 470 g/mol. The van der Waals surface area contributed by atoms with Crippen LogP contribution in [0.25, 0.3) is 11.0 Å². The van der Waals surface area contributed by atoms with Crippen LogP contribution in [0, 0.1) is 13.8 Å². The van der Waals surface area contributed by atoms with Crippen LogP contribution in [0.3, 0.4) is 0 Å². The summed E-state index contributed by atoms with van der Waals surface area (Å²) in [7, 11) is 4.82. The summed E-state index contributed by atoms with van der Waals surface area (Å²) in [5.41, 5.74) is 5.94. The third-order valence-corrected chi connectivity index (χ3v) is 6.97. The van der Waals surface area contributed by atoms with Crippen LogP contribution in [-0.2, 0) is 19.5 Å². The molecule has 1 aliphatic heterocycles. The third-order valence-electron chi connectivity index (χ3n) is 6.97. The number of ether oxygens (including phenoxy) is 4. The molecule has 0 N–H and O–H groups in total. The van der Waals surface area contributed by atoms with Gasteiger partial charge >= 0.3 is 5.63 Å². The Morgan fingerprint density at radius 2 is 1.59 bits per heavy atom. The minimum Gasteiger partial charge on any atom is -0.493 e. The number of fused-ring (bicyclic) bond motifs is 2. The summed E-state index contributed by atoms with van der Waals surface area (Å²) < 4.78 is 28.5. The number of rotatable bonds is 7. The molecule has 0 saturated heterocycles. The van der Waals surface area contributed by atoms with Gasteiger partial charge in [-0.1, -0.05) is 30.3 Å². The fraction of sp³-hybridized carbons (Fsp3) is 0.300. The van der Waals surface area contributed by atoms with Crippen molar-refractivity contribution < 1.29 is 23.4 Å². The van der Waals surface area contributed by atoms with E-state index in [1.165, 1.54) is 0 Å². The largest absolute Gasteiger partial charge is 0.493 e. The molecule has 0 saturated carbocycles. The molecule has 1 aliphatic rings. The van der Waals surface area contributed by atoms with Crippen LogP contribution in [0.2, 0.25) is 0 Å². The lowest BCUT2D eigenvalue weighted by molar-refractivity contribution is 0.0879. The van der Waals surface area contributed by atoms with Crippen LogP contribution >= 0.6 is 0 Å². The Bertz CT molecular complexity index is 1480. The van der Waals surface area contributed by atoms with Gasteiger partial charge in [0.2, 0.25) is 5.75 Å². The number of benzene rings is 3. The van der Waals surface area contributed by atoms with E-state index in [0.717, 1.165) is 39.0 Å². The first-order chi connectivity index (χ1) is 17.9. The molecule has 7 nitrogen and oxygen atoms in total. The van der Waals surface area contributed by atoms with Crippen LogP contribution in [-0.4, -0.2) is 33.0 Å². The summed E-state index contributed by atoms with van der Waals surface area (Å²) in [5, 5.41) is 0.944. The molecule has 192 valence electrons. The van der Waals surface area contributed by atoms with Crippen LogP contribution in [0.4, 0.5) is 0 Å². The summed E-state index contributed by atoms with van der Waals surface area (Å²) in [4.78, 5) is 15.1. The predicted molar refractivity (Wildman–Crippen MR) is 142 cm³/mol. The van der Waals surface area contributed by atoms with Crippen molar-refractivity contribution >= 4 is 11.0 Å². The van der Waals surface area contributed by atoms with Crippen molar-refractivity contribution in [3.8, 4) is 23.0 Å². The zero-order chi connectivity index (χ0) is 26.1. The molecule has 0 atom stereocenters. The average Bonchev–Trinajstić information content (AvgIpc) is 2.91. The summed E-state index contributed by atoms with van der Waals surface area (Å²) >= 11 is 0. The van der Waals surface area contributed by atoms with Crippen molar-refractivity contribution in [3.63, 3.8) is 0 Å². The van der Waals surface area contributed by atoms with Gasteiger partial charge in [-0.25, -0.2) is 4.79 Å². The smallest absolute Gasteiger partial charge is 0.340 e. The molecule has 0 amide bonds. The van der Waals surface area contributed by atoms with E-state index in [2.05, 4.69) is 11.0 Å². The Hall–Kier alpha value is -3.97. The zero-order valence-electron chi connectivity index (χ0n) is 21.8. The maximum absolute atomic E-state index is 12.9. The number of nitrogens with zero attached hydrogens (tertiary/aromatic N) is 1. The first-order valence-corrected chi connectivity index (χ1v) is 12.2. The number of hydrogen-bond donors (Lipinski definition) is 0. The second-order valence-electron chi connectivity index (χ2n) is 9.32. The number of hydrogen-bond acceptors (Lipinski definition) is 7. The van der Waals surface area contributed by atoms with Gasteiger partial charge in [0, 0.05) is 41.6 Å². The van der Waals surface area contributed by atoms with E-state index >= 15 is 0 Å². The molecule has 7 heteroatoms. The zero-order valence-corrected chi connectivity index (χ0v) is 21.8. The molecule has 5 rings (SSSR count). The van der Waals surface area contributed by atoms with Gasteiger partial charge in [0.15, 0.2) is 11.5 Å². The van der Waals surface area contributed by atoms with Gasteiger partial charge in [0.1, 0.15) is 18.1 Å². The molecule has 0 fully saturated rings. The molecule has 2 heterocycles. The van der Waals surface area contributed by atoms with Crippen molar-refractivity contribution in [2.45, 2.75) is 33.4 Å². The lowest BCUT2D eigenvalue weighted by Crippen LogP contribution is -2.32. The van der Waals surface area contributed by atoms with Crippen molar-refractivity contribution in [1.82, 2.24) is 4.90 Å². The number of aryl methyl sites for hydroxylation is 2.